The molecule has 5 aromatic rings. The van der Waals surface area contributed by atoms with E-state index < -0.39 is 12.0 Å². The van der Waals surface area contributed by atoms with Crippen LogP contribution in [0.4, 0.5) is 20.3 Å². The predicted octanol–water partition coefficient (Wildman–Crippen LogP) is 5.39. The van der Waals surface area contributed by atoms with Gasteiger partial charge in [0.25, 0.3) is 5.92 Å². The van der Waals surface area contributed by atoms with Crippen molar-refractivity contribution in [1.82, 2.24) is 34.4 Å². The minimum atomic E-state index is -3.00. The van der Waals surface area contributed by atoms with Crippen LogP contribution in [0.3, 0.4) is 0 Å². The van der Waals surface area contributed by atoms with Crippen LogP contribution in [-0.4, -0.2) is 66.6 Å². The summed E-state index contributed by atoms with van der Waals surface area (Å²) in [6.45, 7) is 2.06. The van der Waals surface area contributed by atoms with Crippen LogP contribution in [0.15, 0.2) is 59.9 Å². The van der Waals surface area contributed by atoms with Crippen LogP contribution in [0.1, 0.15) is 12.0 Å². The number of aromatic nitrogens is 6. The van der Waals surface area contributed by atoms with Crippen molar-refractivity contribution in [3.05, 3.63) is 65.4 Å². The number of rotatable bonds is 6. The first-order valence-corrected chi connectivity index (χ1v) is 12.9. The molecule has 0 aliphatic carbocycles. The van der Waals surface area contributed by atoms with Crippen LogP contribution in [0, 0.1) is 6.92 Å². The van der Waals surface area contributed by atoms with Gasteiger partial charge in [-0.05, 0) is 65.8 Å². The van der Waals surface area contributed by atoms with Crippen molar-refractivity contribution in [2.24, 2.45) is 0 Å². The quantitative estimate of drug-likeness (QED) is 0.276. The maximum Gasteiger partial charge on any atom is 0.296 e. The highest BCUT2D eigenvalue weighted by molar-refractivity contribution is 9.10. The third-order valence-electron chi connectivity index (χ3n) is 6.49. The van der Waals surface area contributed by atoms with Crippen LogP contribution in [0.25, 0.3) is 16.6 Å². The summed E-state index contributed by atoms with van der Waals surface area (Å²) in [7, 11) is 1.68. The molecule has 1 saturated heterocycles. The zero-order chi connectivity index (χ0) is 27.1. The molecule has 6 rings (SSSR count). The SMILES string of the molecule is Cc1cc(Nc2ncnc3ccc(Br)c(OC4CCN(C)CC4(F)F)c23)ccc1Oc1cc2ncnn2cn1. The minimum Gasteiger partial charge on any atom is -0.482 e. The van der Waals surface area contributed by atoms with Gasteiger partial charge in [0, 0.05) is 24.7 Å². The molecule has 1 aliphatic rings. The van der Waals surface area contributed by atoms with Crippen LogP contribution >= 0.6 is 15.9 Å². The molecular weight excluding hydrogens is 574 g/mol. The molecule has 200 valence electrons. The number of benzene rings is 2. The zero-order valence-corrected chi connectivity index (χ0v) is 22.6. The summed E-state index contributed by atoms with van der Waals surface area (Å²) in [5.74, 6) is -1.30. The first-order valence-electron chi connectivity index (χ1n) is 12.1. The van der Waals surface area contributed by atoms with Crippen molar-refractivity contribution < 1.29 is 18.3 Å². The van der Waals surface area contributed by atoms with Gasteiger partial charge in [0.05, 0.1) is 21.9 Å². The van der Waals surface area contributed by atoms with Gasteiger partial charge >= 0.3 is 0 Å². The number of hydrogen-bond acceptors (Lipinski definition) is 9. The number of aryl methyl sites for hydroxylation is 1. The van der Waals surface area contributed by atoms with Crippen LogP contribution in [-0.2, 0) is 0 Å². The van der Waals surface area contributed by atoms with E-state index in [2.05, 4.69) is 46.3 Å². The normalized spacial score (nSPS) is 17.4. The van der Waals surface area contributed by atoms with E-state index in [0.717, 1.165) is 11.3 Å². The fourth-order valence-corrected chi connectivity index (χ4v) is 4.96. The fourth-order valence-electron chi connectivity index (χ4n) is 4.54. The van der Waals surface area contributed by atoms with Gasteiger partial charge in [-0.15, -0.1) is 0 Å². The molecule has 1 fully saturated rings. The highest BCUT2D eigenvalue weighted by atomic mass is 79.9. The number of alkyl halides is 2. The van der Waals surface area contributed by atoms with Gasteiger partial charge in [0.2, 0.25) is 5.88 Å². The highest BCUT2D eigenvalue weighted by Crippen LogP contribution is 2.41. The molecule has 1 atom stereocenters. The second kappa shape index (κ2) is 9.97. The molecule has 0 radical (unpaired) electrons. The number of nitrogens with zero attached hydrogens (tertiary/aromatic N) is 7. The number of anilines is 2. The highest BCUT2D eigenvalue weighted by Gasteiger charge is 2.46. The largest absolute Gasteiger partial charge is 0.482 e. The Labute approximate surface area is 230 Å². The molecule has 1 aliphatic heterocycles. The van der Waals surface area contributed by atoms with Crippen LogP contribution in [0.2, 0.25) is 0 Å². The van der Waals surface area contributed by atoms with Crippen LogP contribution in [0.5, 0.6) is 17.4 Å². The van der Waals surface area contributed by atoms with E-state index in [1.54, 1.807) is 34.7 Å². The second-order valence-electron chi connectivity index (χ2n) is 9.38. The number of fused-ring (bicyclic) bond motifs is 2. The fraction of sp³-hybridized carbons (Fsp3) is 0.269. The monoisotopic (exact) mass is 596 g/mol. The van der Waals surface area contributed by atoms with Gasteiger partial charge in [-0.1, -0.05) is 0 Å². The third kappa shape index (κ3) is 5.06. The molecule has 2 aromatic carbocycles. The van der Waals surface area contributed by atoms with Crippen molar-refractivity contribution in [1.29, 1.82) is 0 Å². The van der Waals surface area contributed by atoms with E-state index >= 15 is 0 Å². The average molecular weight is 597 g/mol. The third-order valence-corrected chi connectivity index (χ3v) is 7.12. The Bertz CT molecular complexity index is 1680. The van der Waals surface area contributed by atoms with Gasteiger partial charge in [0.15, 0.2) is 11.8 Å². The average Bonchev–Trinajstić information content (AvgIpc) is 3.36. The van der Waals surface area contributed by atoms with Gasteiger partial charge < -0.3 is 19.7 Å². The van der Waals surface area contributed by atoms with E-state index in [0.29, 0.717) is 45.0 Å². The van der Waals surface area contributed by atoms with Gasteiger partial charge in [0.1, 0.15) is 36.3 Å². The second-order valence-corrected chi connectivity index (χ2v) is 10.2. The first-order chi connectivity index (χ1) is 18.8. The predicted molar refractivity (Wildman–Crippen MR) is 144 cm³/mol. The number of ether oxygens (including phenoxy) is 2. The Morgan fingerprint density at radius 1 is 1.08 bits per heavy atom. The standard InChI is InChI=1S/C26H23BrF2N8O2/c1-15-9-16(3-6-19(15)38-22-10-21-31-13-34-37(21)14-33-22)35-25-23-18(30-12-32-25)5-4-17(27)24(23)39-20-7-8-36(2)11-26(20,28)29/h3-6,9-10,12-14,20H,7-8,11H2,1-2H3,(H,30,32,35). The maximum atomic E-state index is 14.8. The minimum absolute atomic E-state index is 0.197. The molecule has 13 heteroatoms. The van der Waals surface area contributed by atoms with E-state index in [9.17, 15) is 8.78 Å². The van der Waals surface area contributed by atoms with Crippen molar-refractivity contribution >= 4 is 44.0 Å². The molecular formula is C26H23BrF2N8O2. The maximum absolute atomic E-state index is 14.8. The Balaban J connectivity index is 1.29. The smallest absolute Gasteiger partial charge is 0.296 e. The molecule has 4 heterocycles. The molecule has 0 saturated carbocycles. The summed E-state index contributed by atoms with van der Waals surface area (Å²) in [6, 6.07) is 10.7. The van der Waals surface area contributed by atoms with E-state index in [1.807, 2.05) is 25.1 Å². The summed E-state index contributed by atoms with van der Waals surface area (Å²) in [5, 5.41) is 7.83. The molecule has 0 amide bonds. The van der Waals surface area contributed by atoms with Gasteiger partial charge in [-0.2, -0.15) is 5.10 Å². The molecule has 0 spiro atoms. The lowest BCUT2D eigenvalue weighted by Gasteiger charge is -2.36. The number of piperidine rings is 1. The van der Waals surface area contributed by atoms with Gasteiger partial charge in [-0.3, -0.25) is 0 Å². The van der Waals surface area contributed by atoms with Crippen molar-refractivity contribution in [3.63, 3.8) is 0 Å². The van der Waals surface area contributed by atoms with Crippen LogP contribution < -0.4 is 14.8 Å². The zero-order valence-electron chi connectivity index (χ0n) is 21.0. The summed E-state index contributed by atoms with van der Waals surface area (Å²) in [6.07, 6.45) is 3.32. The lowest BCUT2D eigenvalue weighted by molar-refractivity contribution is -0.134. The number of nitrogens with one attached hydrogen (secondary N) is 1. The Kier molecular flexibility index (Phi) is 6.47. The summed E-state index contributed by atoms with van der Waals surface area (Å²) >= 11 is 3.48. The molecule has 0 bridgehead atoms. The Hall–Kier alpha value is -3.97. The number of hydrogen-bond donors (Lipinski definition) is 1. The van der Waals surface area contributed by atoms with Crippen molar-refractivity contribution in [2.45, 2.75) is 25.4 Å². The lowest BCUT2D eigenvalue weighted by atomic mass is 10.0. The lowest BCUT2D eigenvalue weighted by Crippen LogP contribution is -2.52. The molecule has 39 heavy (non-hydrogen) atoms. The van der Waals surface area contributed by atoms with Crippen molar-refractivity contribution in [2.75, 3.05) is 25.5 Å². The summed E-state index contributed by atoms with van der Waals surface area (Å²) in [5.41, 5.74) is 2.74. The molecule has 10 nitrogen and oxygen atoms in total. The summed E-state index contributed by atoms with van der Waals surface area (Å²) < 4.78 is 43.7. The number of likely N-dealkylation sites (tertiary alicyclic amines) is 1. The Morgan fingerprint density at radius 2 is 1.95 bits per heavy atom. The summed E-state index contributed by atoms with van der Waals surface area (Å²) in [4.78, 5) is 18.7. The molecule has 1 N–H and O–H groups in total. The van der Waals surface area contributed by atoms with Gasteiger partial charge in [-0.25, -0.2) is 33.2 Å². The Morgan fingerprint density at radius 3 is 2.77 bits per heavy atom. The topological polar surface area (TPSA) is 103 Å². The van der Waals surface area contributed by atoms with E-state index in [1.165, 1.54) is 19.0 Å². The number of halogens is 3. The van der Waals surface area contributed by atoms with Crippen molar-refractivity contribution in [3.8, 4) is 17.4 Å². The molecule has 1 unspecified atom stereocenters. The first kappa shape index (κ1) is 25.3. The molecule has 3 aromatic heterocycles. The van der Waals surface area contributed by atoms with E-state index in [4.69, 9.17) is 9.47 Å². The van der Waals surface area contributed by atoms with E-state index in [-0.39, 0.29) is 18.7 Å².